The first kappa shape index (κ1) is 5.42. The predicted molar refractivity (Wildman–Crippen MR) is 33.6 cm³/mol. The molecule has 1 heterocycles. The van der Waals surface area contributed by atoms with E-state index in [0.29, 0.717) is 0 Å². The minimum atomic E-state index is 1.12. The third-order valence-electron chi connectivity index (χ3n) is 1.10. The topological polar surface area (TPSA) is 15.8 Å². The minimum absolute atomic E-state index is 1.12. The summed E-state index contributed by atoms with van der Waals surface area (Å²) in [6.07, 6.45) is 4.22. The molecule has 0 bridgehead atoms. The minimum Gasteiger partial charge on any atom is -0.364 e. The first-order chi connectivity index (χ1) is 3.93. The maximum absolute atomic E-state index is 3.08. The van der Waals surface area contributed by atoms with Gasteiger partial charge in [0.25, 0.3) is 0 Å². The second kappa shape index (κ2) is 2.55. The van der Waals surface area contributed by atoms with Crippen LogP contribution in [0.5, 0.6) is 0 Å². The molecule has 1 radical (unpaired) electrons. The molecule has 1 aromatic rings. The molecule has 0 aliphatic carbocycles. The Balaban J connectivity index is 2.50. The molecule has 0 aromatic carbocycles. The van der Waals surface area contributed by atoms with Crippen LogP contribution in [0.1, 0.15) is 19.0 Å². The van der Waals surface area contributed by atoms with Crippen LogP contribution in [0, 0.1) is 6.07 Å². The average molecular weight is 108 g/mol. The van der Waals surface area contributed by atoms with E-state index in [9.17, 15) is 0 Å². The lowest BCUT2D eigenvalue weighted by atomic mass is 10.3. The lowest BCUT2D eigenvalue weighted by Gasteiger charge is -1.87. The quantitative estimate of drug-likeness (QED) is 0.594. The average Bonchev–Trinajstić information content (AvgIpc) is 2.19. The zero-order valence-electron chi connectivity index (χ0n) is 5.07. The van der Waals surface area contributed by atoms with Crippen molar-refractivity contribution in [3.63, 3.8) is 0 Å². The van der Waals surface area contributed by atoms with Crippen molar-refractivity contribution in [3.05, 3.63) is 24.0 Å². The summed E-state index contributed by atoms with van der Waals surface area (Å²) in [5, 5.41) is 0. The molecule has 1 nitrogen and oxygen atoms in total. The van der Waals surface area contributed by atoms with E-state index < -0.39 is 0 Å². The molecule has 0 amide bonds. The Hall–Kier alpha value is -0.720. The molecule has 0 aliphatic rings. The second-order valence-corrected chi connectivity index (χ2v) is 1.85. The fourth-order valence-corrected chi connectivity index (χ4v) is 0.721. The van der Waals surface area contributed by atoms with Gasteiger partial charge < -0.3 is 4.98 Å². The molecule has 43 valence electrons. The monoisotopic (exact) mass is 108 g/mol. The van der Waals surface area contributed by atoms with E-state index in [1.165, 1.54) is 12.1 Å². The summed E-state index contributed by atoms with van der Waals surface area (Å²) in [6, 6.07) is 4.99. The molecule has 0 unspecified atom stereocenters. The summed E-state index contributed by atoms with van der Waals surface area (Å²) in [6.45, 7) is 2.16. The van der Waals surface area contributed by atoms with Crippen LogP contribution in [-0.4, -0.2) is 4.98 Å². The van der Waals surface area contributed by atoms with Crippen molar-refractivity contribution in [2.45, 2.75) is 19.8 Å². The molecule has 1 rings (SSSR count). The van der Waals surface area contributed by atoms with Gasteiger partial charge in [0.1, 0.15) is 0 Å². The fourth-order valence-electron chi connectivity index (χ4n) is 0.721. The molecule has 0 spiro atoms. The van der Waals surface area contributed by atoms with Crippen LogP contribution in [-0.2, 0) is 6.42 Å². The standard InChI is InChI=1S/C7H10N/c1-2-4-7-5-3-6-8-7/h3,6,8H,2,4H2,1H3. The van der Waals surface area contributed by atoms with Gasteiger partial charge in [-0.1, -0.05) is 13.3 Å². The Labute approximate surface area is 49.7 Å². The van der Waals surface area contributed by atoms with Crippen molar-refractivity contribution in [2.24, 2.45) is 0 Å². The molecule has 0 saturated carbocycles. The zero-order chi connectivity index (χ0) is 5.82. The van der Waals surface area contributed by atoms with E-state index in [1.807, 2.05) is 12.3 Å². The molecule has 0 atom stereocenters. The third-order valence-corrected chi connectivity index (χ3v) is 1.10. The number of rotatable bonds is 2. The van der Waals surface area contributed by atoms with Crippen molar-refractivity contribution in [2.75, 3.05) is 0 Å². The van der Waals surface area contributed by atoms with Crippen molar-refractivity contribution in [1.82, 2.24) is 4.98 Å². The smallest absolute Gasteiger partial charge is 0.0227 e. The van der Waals surface area contributed by atoms with E-state index in [-0.39, 0.29) is 0 Å². The molecule has 0 saturated heterocycles. The Morgan fingerprint density at radius 3 is 3.12 bits per heavy atom. The molecule has 1 N–H and O–H groups in total. The summed E-state index contributed by atoms with van der Waals surface area (Å²) in [5.74, 6) is 0. The van der Waals surface area contributed by atoms with Crippen LogP contribution in [0.4, 0.5) is 0 Å². The van der Waals surface area contributed by atoms with E-state index in [0.717, 1.165) is 6.42 Å². The Kier molecular flexibility index (Phi) is 1.73. The van der Waals surface area contributed by atoms with Crippen LogP contribution >= 0.6 is 0 Å². The van der Waals surface area contributed by atoms with Crippen molar-refractivity contribution in [3.8, 4) is 0 Å². The first-order valence-electron chi connectivity index (χ1n) is 2.97. The summed E-state index contributed by atoms with van der Waals surface area (Å²) in [5.41, 5.74) is 1.22. The van der Waals surface area contributed by atoms with Crippen molar-refractivity contribution in [1.29, 1.82) is 0 Å². The lowest BCUT2D eigenvalue weighted by Crippen LogP contribution is -1.79. The number of aryl methyl sites for hydroxylation is 1. The highest BCUT2D eigenvalue weighted by atomic mass is 14.7. The van der Waals surface area contributed by atoms with Gasteiger partial charge in [-0.2, -0.15) is 0 Å². The molecule has 1 aromatic heterocycles. The molecular weight excluding hydrogens is 98.1 g/mol. The maximum atomic E-state index is 3.08. The molecule has 0 fully saturated rings. The molecule has 0 aliphatic heterocycles. The third kappa shape index (κ3) is 1.12. The summed E-state index contributed by atoms with van der Waals surface area (Å²) < 4.78 is 0. The SMILES string of the molecule is CCCc1[c]cc[nH]1. The molecule has 1 heteroatoms. The van der Waals surface area contributed by atoms with Crippen molar-refractivity contribution >= 4 is 0 Å². The number of hydrogen-bond donors (Lipinski definition) is 1. The lowest BCUT2D eigenvalue weighted by molar-refractivity contribution is 0.891. The fraction of sp³-hybridized carbons (Fsp3) is 0.429. The van der Waals surface area contributed by atoms with Gasteiger partial charge in [0.15, 0.2) is 0 Å². The van der Waals surface area contributed by atoms with Gasteiger partial charge in [0.2, 0.25) is 0 Å². The predicted octanol–water partition coefficient (Wildman–Crippen LogP) is 1.77. The molecular formula is C7H10N. The highest BCUT2D eigenvalue weighted by Crippen LogP contribution is 1.95. The van der Waals surface area contributed by atoms with E-state index >= 15 is 0 Å². The van der Waals surface area contributed by atoms with Crippen LogP contribution in [0.3, 0.4) is 0 Å². The number of H-pyrrole nitrogens is 1. The van der Waals surface area contributed by atoms with Crippen LogP contribution in [0.25, 0.3) is 0 Å². The highest BCUT2D eigenvalue weighted by Gasteiger charge is 1.86. The Morgan fingerprint density at radius 1 is 1.75 bits per heavy atom. The number of aromatic nitrogens is 1. The second-order valence-electron chi connectivity index (χ2n) is 1.85. The van der Waals surface area contributed by atoms with E-state index in [4.69, 9.17) is 0 Å². The van der Waals surface area contributed by atoms with E-state index in [2.05, 4.69) is 18.0 Å². The van der Waals surface area contributed by atoms with Crippen LogP contribution < -0.4 is 0 Å². The largest absolute Gasteiger partial charge is 0.364 e. The Morgan fingerprint density at radius 2 is 2.62 bits per heavy atom. The maximum Gasteiger partial charge on any atom is 0.0227 e. The van der Waals surface area contributed by atoms with E-state index in [1.54, 1.807) is 0 Å². The van der Waals surface area contributed by atoms with Gasteiger partial charge in [0, 0.05) is 18.0 Å². The van der Waals surface area contributed by atoms with Crippen LogP contribution in [0.2, 0.25) is 0 Å². The Bertz CT molecular complexity index is 130. The number of aromatic amines is 1. The number of hydrogen-bond acceptors (Lipinski definition) is 0. The van der Waals surface area contributed by atoms with Gasteiger partial charge in [-0.15, -0.1) is 0 Å². The van der Waals surface area contributed by atoms with Gasteiger partial charge in [-0.05, 0) is 12.5 Å². The zero-order valence-corrected chi connectivity index (χ0v) is 5.07. The van der Waals surface area contributed by atoms with Gasteiger partial charge >= 0.3 is 0 Å². The molecule has 8 heavy (non-hydrogen) atoms. The number of nitrogens with one attached hydrogen (secondary N) is 1. The van der Waals surface area contributed by atoms with Gasteiger partial charge in [-0.25, -0.2) is 0 Å². The van der Waals surface area contributed by atoms with Gasteiger partial charge in [0.05, 0.1) is 0 Å². The first-order valence-corrected chi connectivity index (χ1v) is 2.97. The summed E-state index contributed by atoms with van der Waals surface area (Å²) in [7, 11) is 0. The summed E-state index contributed by atoms with van der Waals surface area (Å²) in [4.78, 5) is 3.08. The van der Waals surface area contributed by atoms with Crippen LogP contribution in [0.15, 0.2) is 12.3 Å². The van der Waals surface area contributed by atoms with Crippen molar-refractivity contribution < 1.29 is 0 Å². The normalized spacial score (nSPS) is 9.62. The highest BCUT2D eigenvalue weighted by molar-refractivity contribution is 5.00. The summed E-state index contributed by atoms with van der Waals surface area (Å²) >= 11 is 0. The van der Waals surface area contributed by atoms with Gasteiger partial charge in [-0.3, -0.25) is 0 Å².